The van der Waals surface area contributed by atoms with E-state index in [1.807, 2.05) is 62.5 Å². The molecule has 0 radical (unpaired) electrons. The Morgan fingerprint density at radius 2 is 1.91 bits per heavy atom. The molecule has 32 heavy (non-hydrogen) atoms. The van der Waals surface area contributed by atoms with Crippen LogP contribution in [0.2, 0.25) is 0 Å². The quantitative estimate of drug-likeness (QED) is 0.398. The van der Waals surface area contributed by atoms with E-state index in [1.54, 1.807) is 11.3 Å². The lowest BCUT2D eigenvalue weighted by Crippen LogP contribution is -2.39. The second-order valence-corrected chi connectivity index (χ2v) is 9.01. The number of aromatic nitrogens is 3. The van der Waals surface area contributed by atoms with Gasteiger partial charge in [-0.15, -0.1) is 11.3 Å². The van der Waals surface area contributed by atoms with Gasteiger partial charge in [0.1, 0.15) is 6.04 Å². The molecule has 0 fully saturated rings. The molecule has 0 aliphatic heterocycles. The van der Waals surface area contributed by atoms with Crippen LogP contribution in [0.25, 0.3) is 31.1 Å². The topological polar surface area (TPSA) is 79.8 Å². The van der Waals surface area contributed by atoms with E-state index in [0.717, 1.165) is 36.9 Å². The lowest BCUT2D eigenvalue weighted by atomic mass is 10.1. The van der Waals surface area contributed by atoms with Crippen LogP contribution in [0.5, 0.6) is 0 Å². The third kappa shape index (κ3) is 3.39. The number of carbonyl (C=O) groups excluding carboxylic acids is 1. The number of para-hydroxylation sites is 1. The van der Waals surface area contributed by atoms with Gasteiger partial charge in [0, 0.05) is 33.7 Å². The highest BCUT2D eigenvalue weighted by molar-refractivity contribution is 7.26. The number of fused-ring (bicyclic) bond motifs is 4. The second kappa shape index (κ2) is 8.24. The van der Waals surface area contributed by atoms with Crippen molar-refractivity contribution >= 4 is 48.3 Å². The highest BCUT2D eigenvalue weighted by Crippen LogP contribution is 2.33. The van der Waals surface area contributed by atoms with Crippen molar-refractivity contribution in [3.63, 3.8) is 0 Å². The van der Waals surface area contributed by atoms with E-state index in [9.17, 15) is 9.59 Å². The minimum Gasteiger partial charge on any atom is -0.361 e. The molecule has 0 aliphatic carbocycles. The van der Waals surface area contributed by atoms with Gasteiger partial charge in [-0.05, 0) is 37.5 Å². The van der Waals surface area contributed by atoms with E-state index in [0.29, 0.717) is 24.8 Å². The lowest BCUT2D eigenvalue weighted by Gasteiger charge is -2.17. The number of benzene rings is 2. The molecule has 0 aliphatic rings. The van der Waals surface area contributed by atoms with E-state index in [4.69, 9.17) is 0 Å². The summed E-state index contributed by atoms with van der Waals surface area (Å²) < 4.78 is 3.32. The van der Waals surface area contributed by atoms with Crippen LogP contribution in [0, 0.1) is 6.92 Å². The summed E-state index contributed by atoms with van der Waals surface area (Å²) in [7, 11) is 0. The maximum absolute atomic E-state index is 13.4. The molecule has 3 heterocycles. The fraction of sp³-hybridized carbons (Fsp3) is 0.240. The molecule has 0 spiro atoms. The summed E-state index contributed by atoms with van der Waals surface area (Å²) in [4.78, 5) is 29.7. The largest absolute Gasteiger partial charge is 0.361 e. The summed E-state index contributed by atoms with van der Waals surface area (Å²) in [5, 5.41) is 10.3. The third-order valence-corrected chi connectivity index (χ3v) is 7.24. The first-order valence-corrected chi connectivity index (χ1v) is 11.6. The summed E-state index contributed by atoms with van der Waals surface area (Å²) in [6.45, 7) is 4.30. The summed E-state index contributed by atoms with van der Waals surface area (Å²) in [6.07, 6.45) is 3.18. The first kappa shape index (κ1) is 20.5. The summed E-state index contributed by atoms with van der Waals surface area (Å²) >= 11 is 1.57. The van der Waals surface area contributed by atoms with Crippen LogP contribution in [-0.4, -0.2) is 27.2 Å². The average Bonchev–Trinajstić information content (AvgIpc) is 3.40. The lowest BCUT2D eigenvalue weighted by molar-refractivity contribution is -0.124. The first-order chi connectivity index (χ1) is 15.6. The molecule has 1 amide bonds. The molecule has 7 heteroatoms. The number of amides is 1. The number of aromatic amines is 1. The zero-order valence-electron chi connectivity index (χ0n) is 18.0. The van der Waals surface area contributed by atoms with Gasteiger partial charge in [0.05, 0.1) is 15.8 Å². The monoisotopic (exact) mass is 444 g/mol. The van der Waals surface area contributed by atoms with E-state index in [1.165, 1.54) is 4.68 Å². The molecule has 2 N–H and O–H groups in total. The maximum Gasteiger partial charge on any atom is 0.276 e. The molecule has 5 rings (SSSR count). The van der Waals surface area contributed by atoms with Crippen LogP contribution >= 0.6 is 11.3 Å². The smallest absolute Gasteiger partial charge is 0.276 e. The van der Waals surface area contributed by atoms with Crippen molar-refractivity contribution in [1.82, 2.24) is 20.1 Å². The molecule has 0 bridgehead atoms. The number of nitrogens with zero attached hydrogens (tertiary/aromatic N) is 2. The second-order valence-electron chi connectivity index (χ2n) is 7.96. The minimum absolute atomic E-state index is 0.180. The number of carbonyl (C=O) groups is 1. The van der Waals surface area contributed by atoms with Crippen molar-refractivity contribution in [3.05, 3.63) is 76.3 Å². The van der Waals surface area contributed by atoms with Crippen LogP contribution in [-0.2, 0) is 11.2 Å². The third-order valence-electron chi connectivity index (χ3n) is 5.96. The molecular weight excluding hydrogens is 420 g/mol. The Morgan fingerprint density at radius 3 is 2.72 bits per heavy atom. The van der Waals surface area contributed by atoms with Crippen LogP contribution in [0.4, 0.5) is 0 Å². The number of rotatable bonds is 6. The van der Waals surface area contributed by atoms with Crippen molar-refractivity contribution in [2.24, 2.45) is 0 Å². The standard InChI is InChI=1S/C25H24N4O2S/c1-3-20(24(30)26-13-12-16-14-27-19-10-6-4-8-17(16)19)29-25(31)22-18-9-5-7-11-21(18)32-23(22)15(2)28-29/h4-11,14,20,27H,3,12-13H2,1-2H3,(H,26,30)/t20-/m1/s1. The van der Waals surface area contributed by atoms with Gasteiger partial charge >= 0.3 is 0 Å². The summed E-state index contributed by atoms with van der Waals surface area (Å²) in [6, 6.07) is 15.3. The number of H-pyrrole nitrogens is 1. The molecule has 162 valence electrons. The Bertz CT molecular complexity index is 1510. The van der Waals surface area contributed by atoms with E-state index < -0.39 is 6.04 Å². The number of nitrogens with one attached hydrogen (secondary N) is 2. The van der Waals surface area contributed by atoms with Gasteiger partial charge in [0.15, 0.2) is 0 Å². The van der Waals surface area contributed by atoms with Crippen LogP contribution in [0.1, 0.15) is 30.6 Å². The zero-order chi connectivity index (χ0) is 22.2. The van der Waals surface area contributed by atoms with E-state index in [2.05, 4.69) is 21.5 Å². The Morgan fingerprint density at radius 1 is 1.16 bits per heavy atom. The van der Waals surface area contributed by atoms with Crippen LogP contribution < -0.4 is 10.9 Å². The highest BCUT2D eigenvalue weighted by Gasteiger charge is 2.24. The predicted octanol–water partition coefficient (Wildman–Crippen LogP) is 4.71. The molecule has 0 saturated carbocycles. The fourth-order valence-electron chi connectivity index (χ4n) is 4.34. The highest BCUT2D eigenvalue weighted by atomic mass is 32.1. The van der Waals surface area contributed by atoms with Gasteiger partial charge < -0.3 is 10.3 Å². The van der Waals surface area contributed by atoms with Crippen molar-refractivity contribution < 1.29 is 4.79 Å². The van der Waals surface area contributed by atoms with Crippen LogP contribution in [0.15, 0.2) is 59.5 Å². The van der Waals surface area contributed by atoms with Gasteiger partial charge in [-0.3, -0.25) is 9.59 Å². The SMILES string of the molecule is CC[C@H](C(=O)NCCc1c[nH]c2ccccc12)n1nc(C)c2sc3ccccc3c2c1=O. The van der Waals surface area contributed by atoms with E-state index in [-0.39, 0.29) is 11.5 Å². The molecule has 5 aromatic rings. The molecule has 6 nitrogen and oxygen atoms in total. The predicted molar refractivity (Wildman–Crippen MR) is 130 cm³/mol. The fourth-order valence-corrected chi connectivity index (χ4v) is 5.47. The Labute approximate surface area is 188 Å². The minimum atomic E-state index is -0.646. The van der Waals surface area contributed by atoms with Gasteiger partial charge in [0.25, 0.3) is 5.56 Å². The van der Waals surface area contributed by atoms with Gasteiger partial charge in [-0.25, -0.2) is 4.68 Å². The van der Waals surface area contributed by atoms with Crippen LogP contribution in [0.3, 0.4) is 0 Å². The van der Waals surface area contributed by atoms with Gasteiger partial charge in [-0.1, -0.05) is 43.3 Å². The number of thiophene rings is 1. The molecule has 1 atom stereocenters. The van der Waals surface area contributed by atoms with Crippen molar-refractivity contribution in [3.8, 4) is 0 Å². The molecular formula is C25H24N4O2S. The average molecular weight is 445 g/mol. The van der Waals surface area contributed by atoms with Crippen molar-refractivity contribution in [2.45, 2.75) is 32.7 Å². The molecule has 2 aromatic carbocycles. The summed E-state index contributed by atoms with van der Waals surface area (Å²) in [5.41, 5.74) is 2.81. The first-order valence-electron chi connectivity index (χ1n) is 10.8. The molecule has 3 aromatic heterocycles. The molecule has 0 saturated heterocycles. The maximum atomic E-state index is 13.4. The normalized spacial score (nSPS) is 12.6. The zero-order valence-corrected chi connectivity index (χ0v) is 18.8. The number of hydrogen-bond donors (Lipinski definition) is 2. The van der Waals surface area contributed by atoms with E-state index >= 15 is 0 Å². The Balaban J connectivity index is 1.41. The summed E-state index contributed by atoms with van der Waals surface area (Å²) in [5.74, 6) is -0.180. The Hall–Kier alpha value is -3.45. The van der Waals surface area contributed by atoms with Crippen molar-refractivity contribution in [1.29, 1.82) is 0 Å². The molecule has 0 unspecified atom stereocenters. The van der Waals surface area contributed by atoms with Gasteiger partial charge in [0.2, 0.25) is 5.91 Å². The van der Waals surface area contributed by atoms with Crippen molar-refractivity contribution in [2.75, 3.05) is 6.54 Å². The number of hydrogen-bond acceptors (Lipinski definition) is 4. The van der Waals surface area contributed by atoms with Gasteiger partial charge in [-0.2, -0.15) is 5.10 Å². The number of aryl methyl sites for hydroxylation is 1. The Kier molecular flexibility index (Phi) is 5.27.